The summed E-state index contributed by atoms with van der Waals surface area (Å²) < 4.78 is 35.1. The Balaban J connectivity index is 1.53. The van der Waals surface area contributed by atoms with Gasteiger partial charge in [-0.25, -0.2) is 13.8 Å². The Bertz CT molecular complexity index is 1230. The highest BCUT2D eigenvalue weighted by molar-refractivity contribution is 5.96. The maximum Gasteiger partial charge on any atom is 0.181 e. The van der Waals surface area contributed by atoms with Gasteiger partial charge in [-0.1, -0.05) is 36.4 Å². The quantitative estimate of drug-likeness (QED) is 0.386. The number of pyridine rings is 1. The molecule has 7 heteroatoms. The number of Topliss-reactive ketones (excluding diaryl/α,β-unsaturated/α-hetero) is 1. The monoisotopic (exact) mass is 436 g/mol. The van der Waals surface area contributed by atoms with Crippen molar-refractivity contribution >= 4 is 11.4 Å². The van der Waals surface area contributed by atoms with Gasteiger partial charge >= 0.3 is 0 Å². The number of hydrogen-bond donors (Lipinski definition) is 1. The fraction of sp³-hybridized carbons (Fsp3) is 0.200. The van der Waals surface area contributed by atoms with Crippen LogP contribution in [0.5, 0.6) is 5.75 Å². The van der Waals surface area contributed by atoms with Crippen LogP contribution in [0.3, 0.4) is 0 Å². The molecular weight excluding hydrogens is 414 g/mol. The number of aromatic nitrogens is 2. The Kier molecular flexibility index (Phi) is 6.28. The minimum atomic E-state index is -0.741. The van der Waals surface area contributed by atoms with Crippen LogP contribution in [0.1, 0.15) is 46.3 Å². The Hall–Kier alpha value is -3.58. The summed E-state index contributed by atoms with van der Waals surface area (Å²) in [7, 11) is 0. The van der Waals surface area contributed by atoms with E-state index in [4.69, 9.17) is 4.74 Å². The summed E-state index contributed by atoms with van der Waals surface area (Å²) in [6.07, 6.45) is 1.36. The first-order valence-electron chi connectivity index (χ1n) is 10.2. The summed E-state index contributed by atoms with van der Waals surface area (Å²) in [6.45, 7) is 1.41. The molecule has 0 saturated heterocycles. The highest BCUT2D eigenvalue weighted by Gasteiger charge is 2.20. The van der Waals surface area contributed by atoms with Gasteiger partial charge < -0.3 is 9.84 Å². The van der Waals surface area contributed by atoms with Gasteiger partial charge in [-0.2, -0.15) is 0 Å². The van der Waals surface area contributed by atoms with Gasteiger partial charge in [0.25, 0.3) is 0 Å². The topological polar surface area (TPSA) is 63.8 Å². The first kappa shape index (κ1) is 21.6. The third-order valence-corrected chi connectivity index (χ3v) is 5.32. The van der Waals surface area contributed by atoms with Crippen molar-refractivity contribution in [2.45, 2.75) is 32.5 Å². The van der Waals surface area contributed by atoms with E-state index in [1.807, 2.05) is 30.3 Å². The fourth-order valence-corrected chi connectivity index (χ4v) is 3.65. The highest BCUT2D eigenvalue weighted by atomic mass is 19.1. The molecular formula is C25H22F2N2O3. The first-order valence-corrected chi connectivity index (χ1v) is 10.2. The lowest BCUT2D eigenvalue weighted by Gasteiger charge is -2.11. The van der Waals surface area contributed by atoms with Crippen molar-refractivity contribution in [3.8, 4) is 5.75 Å². The van der Waals surface area contributed by atoms with E-state index in [1.54, 1.807) is 29.7 Å². The average molecular weight is 436 g/mol. The number of nitrogens with zero attached hydrogens (tertiary/aromatic N) is 2. The standard InChI is InChI=1S/C25H22F2N2O3/c1-16-24(22(31)13-12-21(30)17-7-3-2-4-8-17)29-14-6-11-23(25(29)28-16)32-15-18-19(26)9-5-10-20(18)27/h2-11,14,21,30H,12-13,15H2,1H3/t21-/m0/s1. The van der Waals surface area contributed by atoms with Gasteiger partial charge in [-0.05, 0) is 43.2 Å². The SMILES string of the molecule is Cc1nc2c(OCc3c(F)cccc3F)cccn2c1C(=O)CC[C@H](O)c1ccccc1. The molecule has 5 nitrogen and oxygen atoms in total. The molecule has 0 radical (unpaired) electrons. The number of aryl methyl sites for hydroxylation is 1. The normalized spacial score (nSPS) is 12.1. The molecule has 0 saturated carbocycles. The Morgan fingerprint density at radius 1 is 1.06 bits per heavy atom. The van der Waals surface area contributed by atoms with E-state index in [0.29, 0.717) is 22.8 Å². The van der Waals surface area contributed by atoms with Gasteiger partial charge in [0.05, 0.1) is 17.4 Å². The number of carbonyl (C=O) groups is 1. The van der Waals surface area contributed by atoms with Crippen LogP contribution in [0.25, 0.3) is 5.65 Å². The minimum absolute atomic E-state index is 0.135. The van der Waals surface area contributed by atoms with Crippen molar-refractivity contribution < 1.29 is 23.4 Å². The van der Waals surface area contributed by atoms with Crippen molar-refractivity contribution in [2.24, 2.45) is 0 Å². The molecule has 0 aliphatic rings. The van der Waals surface area contributed by atoms with E-state index < -0.39 is 17.7 Å². The Labute approximate surface area is 183 Å². The number of ketones is 1. The first-order chi connectivity index (χ1) is 15.5. The number of fused-ring (bicyclic) bond motifs is 1. The molecule has 2 aromatic carbocycles. The maximum atomic E-state index is 13.9. The van der Waals surface area contributed by atoms with Crippen LogP contribution in [-0.2, 0) is 6.61 Å². The summed E-state index contributed by atoms with van der Waals surface area (Å²) in [5, 5.41) is 10.4. The zero-order valence-electron chi connectivity index (χ0n) is 17.5. The Morgan fingerprint density at radius 2 is 1.78 bits per heavy atom. The molecule has 0 aliphatic carbocycles. The molecule has 0 unspecified atom stereocenters. The summed E-state index contributed by atoms with van der Waals surface area (Å²) >= 11 is 0. The number of imidazole rings is 1. The van der Waals surface area contributed by atoms with Crippen LogP contribution in [0.4, 0.5) is 8.78 Å². The van der Waals surface area contributed by atoms with Gasteiger partial charge in [-0.15, -0.1) is 0 Å². The summed E-state index contributed by atoms with van der Waals surface area (Å²) in [5.74, 6) is -1.24. The van der Waals surface area contributed by atoms with Crippen LogP contribution in [-0.4, -0.2) is 20.3 Å². The summed E-state index contributed by atoms with van der Waals surface area (Å²) in [5.41, 5.74) is 1.86. The van der Waals surface area contributed by atoms with Crippen molar-refractivity contribution in [1.82, 2.24) is 9.38 Å². The molecule has 1 N–H and O–H groups in total. The molecule has 2 aromatic heterocycles. The molecule has 2 heterocycles. The van der Waals surface area contributed by atoms with Crippen LogP contribution in [0, 0.1) is 18.6 Å². The molecule has 0 amide bonds. The molecule has 4 aromatic rings. The number of benzene rings is 2. The predicted octanol–water partition coefficient (Wildman–Crippen LogP) is 5.20. The summed E-state index contributed by atoms with van der Waals surface area (Å²) in [4.78, 5) is 17.4. The minimum Gasteiger partial charge on any atom is -0.485 e. The fourth-order valence-electron chi connectivity index (χ4n) is 3.65. The molecule has 0 fully saturated rings. The largest absolute Gasteiger partial charge is 0.485 e. The van der Waals surface area contributed by atoms with Gasteiger partial charge in [0.2, 0.25) is 0 Å². The van der Waals surface area contributed by atoms with Crippen LogP contribution >= 0.6 is 0 Å². The zero-order valence-corrected chi connectivity index (χ0v) is 17.5. The number of aliphatic hydroxyl groups excluding tert-OH is 1. The van der Waals surface area contributed by atoms with E-state index in [1.165, 1.54) is 18.2 Å². The van der Waals surface area contributed by atoms with Gasteiger partial charge in [0.15, 0.2) is 17.2 Å². The molecule has 1 atom stereocenters. The van der Waals surface area contributed by atoms with Gasteiger partial charge in [0, 0.05) is 12.6 Å². The zero-order chi connectivity index (χ0) is 22.7. The van der Waals surface area contributed by atoms with E-state index in [2.05, 4.69) is 4.98 Å². The lowest BCUT2D eigenvalue weighted by Crippen LogP contribution is -2.08. The number of rotatable bonds is 8. The average Bonchev–Trinajstić information content (AvgIpc) is 3.14. The number of carbonyl (C=O) groups excluding carboxylic acids is 1. The lowest BCUT2D eigenvalue weighted by atomic mass is 10.0. The number of aliphatic hydroxyl groups is 1. The lowest BCUT2D eigenvalue weighted by molar-refractivity contribution is 0.0934. The molecule has 0 aliphatic heterocycles. The van der Waals surface area contributed by atoms with E-state index in [0.717, 1.165) is 5.56 Å². The second-order valence-electron chi connectivity index (χ2n) is 7.49. The second kappa shape index (κ2) is 9.28. The number of ether oxygens (including phenoxy) is 1. The summed E-state index contributed by atoms with van der Waals surface area (Å²) in [6, 6.07) is 16.1. The van der Waals surface area contributed by atoms with Crippen molar-refractivity contribution in [3.63, 3.8) is 0 Å². The van der Waals surface area contributed by atoms with Crippen LogP contribution < -0.4 is 4.74 Å². The third kappa shape index (κ3) is 4.38. The van der Waals surface area contributed by atoms with E-state index in [9.17, 15) is 18.7 Å². The molecule has 4 rings (SSSR count). The second-order valence-corrected chi connectivity index (χ2v) is 7.49. The van der Waals surface area contributed by atoms with Crippen LogP contribution in [0.2, 0.25) is 0 Å². The third-order valence-electron chi connectivity index (χ3n) is 5.32. The molecule has 0 spiro atoms. The van der Waals surface area contributed by atoms with E-state index >= 15 is 0 Å². The van der Waals surface area contributed by atoms with Crippen molar-refractivity contribution in [1.29, 1.82) is 0 Å². The maximum absolute atomic E-state index is 13.9. The molecule has 32 heavy (non-hydrogen) atoms. The molecule has 0 bridgehead atoms. The smallest absolute Gasteiger partial charge is 0.181 e. The number of halogens is 2. The predicted molar refractivity (Wildman–Crippen MR) is 116 cm³/mol. The van der Waals surface area contributed by atoms with Gasteiger partial charge in [-0.3, -0.25) is 9.20 Å². The van der Waals surface area contributed by atoms with Gasteiger partial charge in [0.1, 0.15) is 23.9 Å². The van der Waals surface area contributed by atoms with Crippen molar-refractivity contribution in [3.05, 3.63) is 101 Å². The Morgan fingerprint density at radius 3 is 2.50 bits per heavy atom. The van der Waals surface area contributed by atoms with Crippen LogP contribution in [0.15, 0.2) is 66.9 Å². The highest BCUT2D eigenvalue weighted by Crippen LogP contribution is 2.26. The van der Waals surface area contributed by atoms with Crippen molar-refractivity contribution in [2.75, 3.05) is 0 Å². The van der Waals surface area contributed by atoms with E-state index in [-0.39, 0.29) is 30.8 Å². The number of hydrogen-bond acceptors (Lipinski definition) is 4. The molecule has 164 valence electrons.